The zero-order chi connectivity index (χ0) is 17.8. The highest BCUT2D eigenvalue weighted by Crippen LogP contribution is 2.62. The minimum atomic E-state index is -6.42. The molecular weight excluding hydrogens is 339 g/mol. The largest absolute Gasteiger partial charge is 0.458 e. The van der Waals surface area contributed by atoms with E-state index in [9.17, 15) is 44.3 Å². The smallest absolute Gasteiger partial charge is 0.427 e. The van der Waals surface area contributed by atoms with Crippen LogP contribution in [0.15, 0.2) is 12.2 Å². The second-order valence-corrected chi connectivity index (χ2v) is 4.44. The fraction of sp³-hybridized carbons (Fsp3) is 0.700. The van der Waals surface area contributed by atoms with Crippen molar-refractivity contribution in [2.45, 2.75) is 36.7 Å². The van der Waals surface area contributed by atoms with Gasteiger partial charge in [-0.2, -0.15) is 35.1 Å². The summed E-state index contributed by atoms with van der Waals surface area (Å²) in [5, 5.41) is 0. The van der Waals surface area contributed by atoms with Crippen LogP contribution in [0.25, 0.3) is 0 Å². The van der Waals surface area contributed by atoms with Crippen LogP contribution >= 0.6 is 0 Å². The van der Waals surface area contributed by atoms with Gasteiger partial charge in [0.15, 0.2) is 0 Å². The van der Waals surface area contributed by atoms with Crippen molar-refractivity contribution in [1.29, 1.82) is 0 Å². The second kappa shape index (κ2) is 4.77. The van der Waals surface area contributed by atoms with Gasteiger partial charge in [-0.3, -0.25) is 0 Å². The van der Waals surface area contributed by atoms with Gasteiger partial charge in [0.2, 0.25) is 0 Å². The molecular formula is C10H7F9O3. The predicted molar refractivity (Wildman–Crippen MR) is 50.5 cm³/mol. The lowest BCUT2D eigenvalue weighted by Crippen LogP contribution is -2.78. The quantitative estimate of drug-likeness (QED) is 0.447. The van der Waals surface area contributed by atoms with E-state index in [1.165, 1.54) is 0 Å². The third kappa shape index (κ3) is 2.23. The Morgan fingerprint density at radius 3 is 1.64 bits per heavy atom. The number of halogens is 9. The molecule has 0 radical (unpaired) electrons. The summed E-state index contributed by atoms with van der Waals surface area (Å²) in [5.41, 5.74) is -6.52. The molecule has 0 amide bonds. The van der Waals surface area contributed by atoms with Gasteiger partial charge >= 0.3 is 30.0 Å². The summed E-state index contributed by atoms with van der Waals surface area (Å²) in [6, 6.07) is 0. The molecule has 22 heavy (non-hydrogen) atoms. The van der Waals surface area contributed by atoms with Gasteiger partial charge < -0.3 is 4.74 Å². The Hall–Kier alpha value is -1.46. The molecule has 0 N–H and O–H groups in total. The summed E-state index contributed by atoms with van der Waals surface area (Å²) in [6.45, 7) is 0.993. The molecule has 0 unspecified atom stereocenters. The van der Waals surface area contributed by atoms with Crippen molar-refractivity contribution in [3.8, 4) is 0 Å². The zero-order valence-electron chi connectivity index (χ0n) is 10.5. The average Bonchev–Trinajstić information content (AvgIpc) is 2.31. The normalized spacial score (nSPS) is 27.0. The van der Waals surface area contributed by atoms with Crippen molar-refractivity contribution in [2.24, 2.45) is 0 Å². The summed E-state index contributed by atoms with van der Waals surface area (Å²) in [6.07, 6.45) is -12.6. The summed E-state index contributed by atoms with van der Waals surface area (Å²) in [5.74, 6) is -14.6. The first kappa shape index (κ1) is 18.6. The summed E-state index contributed by atoms with van der Waals surface area (Å²) >= 11 is 0. The highest BCUT2D eigenvalue weighted by molar-refractivity contribution is 5.86. The number of ether oxygens (including phenoxy) is 2. The molecule has 1 saturated heterocycles. The average molecular weight is 346 g/mol. The number of carbonyl (C=O) groups excluding carboxylic acids is 1. The van der Waals surface area contributed by atoms with Crippen molar-refractivity contribution < 1.29 is 53.8 Å². The topological polar surface area (TPSA) is 35.5 Å². The number of hydrogen-bond donors (Lipinski definition) is 0. The van der Waals surface area contributed by atoms with E-state index < -0.39 is 47.9 Å². The van der Waals surface area contributed by atoms with Crippen LogP contribution in [0.2, 0.25) is 0 Å². The second-order valence-electron chi connectivity index (χ2n) is 4.44. The van der Waals surface area contributed by atoms with Crippen LogP contribution in [0.5, 0.6) is 0 Å². The third-order valence-electron chi connectivity index (χ3n) is 2.73. The van der Waals surface area contributed by atoms with E-state index >= 15 is 0 Å². The minimum Gasteiger partial charge on any atom is -0.458 e. The maximum absolute atomic E-state index is 13.9. The van der Waals surface area contributed by atoms with E-state index in [-0.39, 0.29) is 0 Å². The van der Waals surface area contributed by atoms with E-state index in [1.54, 1.807) is 0 Å². The van der Waals surface area contributed by atoms with Crippen LogP contribution in [0.1, 0.15) is 6.92 Å². The number of alkyl halides is 9. The Morgan fingerprint density at radius 1 is 0.955 bits per heavy atom. The van der Waals surface area contributed by atoms with Gasteiger partial charge in [-0.15, -0.1) is 0 Å². The fourth-order valence-corrected chi connectivity index (χ4v) is 1.42. The van der Waals surface area contributed by atoms with Crippen LogP contribution < -0.4 is 0 Å². The van der Waals surface area contributed by atoms with Crippen molar-refractivity contribution in [3.63, 3.8) is 0 Å². The highest BCUT2D eigenvalue weighted by Gasteiger charge is 2.92. The first-order chi connectivity index (χ1) is 9.53. The molecule has 0 aromatic heterocycles. The molecule has 0 saturated carbocycles. The standard InChI is InChI=1S/C10H7F9O3/c1-4(2)5(20)21-3-6(11)7(12,13)9(16,17)22-10(18,19)8(6,14)15/h1,3H2,2H3. The molecule has 1 aliphatic heterocycles. The Kier molecular flexibility index (Phi) is 4.03. The van der Waals surface area contributed by atoms with Gasteiger partial charge in [0.05, 0.1) is 0 Å². The van der Waals surface area contributed by atoms with Gasteiger partial charge in [-0.25, -0.2) is 13.9 Å². The SMILES string of the molecule is C=C(C)C(=O)OCC1(F)C(F)(F)C(F)(F)OC(F)(F)C1(F)F. The Labute approximate surface area is 116 Å². The molecule has 0 atom stereocenters. The van der Waals surface area contributed by atoms with Gasteiger partial charge in [0.1, 0.15) is 6.61 Å². The first-order valence-electron chi connectivity index (χ1n) is 5.26. The molecule has 12 heteroatoms. The van der Waals surface area contributed by atoms with Crippen LogP contribution in [0, 0.1) is 0 Å². The molecule has 0 spiro atoms. The van der Waals surface area contributed by atoms with Gasteiger partial charge in [0, 0.05) is 5.57 Å². The lowest BCUT2D eigenvalue weighted by Gasteiger charge is -2.48. The first-order valence-corrected chi connectivity index (χ1v) is 5.26. The predicted octanol–water partition coefficient (Wildman–Crippen LogP) is 3.30. The van der Waals surface area contributed by atoms with Crippen LogP contribution in [0.4, 0.5) is 39.5 Å². The van der Waals surface area contributed by atoms with Crippen LogP contribution in [0.3, 0.4) is 0 Å². The molecule has 1 rings (SSSR count). The maximum atomic E-state index is 13.9. The fourth-order valence-electron chi connectivity index (χ4n) is 1.42. The van der Waals surface area contributed by atoms with Gasteiger partial charge in [-0.1, -0.05) is 6.58 Å². The molecule has 128 valence electrons. The van der Waals surface area contributed by atoms with Crippen molar-refractivity contribution in [2.75, 3.05) is 6.61 Å². The molecule has 0 aliphatic carbocycles. The van der Waals surface area contributed by atoms with E-state index in [2.05, 4.69) is 16.1 Å². The van der Waals surface area contributed by atoms with Crippen molar-refractivity contribution >= 4 is 5.97 Å². The Morgan fingerprint density at radius 2 is 1.32 bits per heavy atom. The van der Waals surface area contributed by atoms with Gasteiger partial charge in [-0.05, 0) is 6.92 Å². The van der Waals surface area contributed by atoms with Crippen molar-refractivity contribution in [1.82, 2.24) is 0 Å². The Bertz CT molecular complexity index is 474. The number of hydrogen-bond acceptors (Lipinski definition) is 3. The van der Waals surface area contributed by atoms with Crippen LogP contribution in [-0.2, 0) is 14.3 Å². The number of rotatable bonds is 3. The Balaban J connectivity index is 3.35. The summed E-state index contributed by atoms with van der Waals surface area (Å²) in [7, 11) is 0. The molecule has 1 heterocycles. The minimum absolute atomic E-state index is 0.596. The summed E-state index contributed by atoms with van der Waals surface area (Å²) < 4.78 is 124. The molecule has 1 fully saturated rings. The van der Waals surface area contributed by atoms with E-state index in [4.69, 9.17) is 0 Å². The summed E-state index contributed by atoms with van der Waals surface area (Å²) in [4.78, 5) is 10.9. The molecule has 0 aromatic carbocycles. The van der Waals surface area contributed by atoms with E-state index in [0.29, 0.717) is 0 Å². The van der Waals surface area contributed by atoms with E-state index in [0.717, 1.165) is 6.92 Å². The van der Waals surface area contributed by atoms with Crippen molar-refractivity contribution in [3.05, 3.63) is 12.2 Å². The van der Waals surface area contributed by atoms with Gasteiger partial charge in [0.25, 0.3) is 5.67 Å². The molecule has 0 bridgehead atoms. The highest BCUT2D eigenvalue weighted by atomic mass is 19.4. The maximum Gasteiger partial charge on any atom is 0.427 e. The van der Waals surface area contributed by atoms with E-state index in [1.807, 2.05) is 0 Å². The zero-order valence-corrected chi connectivity index (χ0v) is 10.5. The van der Waals surface area contributed by atoms with Crippen LogP contribution in [-0.4, -0.2) is 42.3 Å². The molecule has 1 aliphatic rings. The lowest BCUT2D eigenvalue weighted by molar-refractivity contribution is -0.544. The monoisotopic (exact) mass is 346 g/mol. The number of esters is 1. The third-order valence-corrected chi connectivity index (χ3v) is 2.73. The number of carbonyl (C=O) groups is 1. The molecule has 0 aromatic rings. The molecule has 3 nitrogen and oxygen atoms in total. The lowest BCUT2D eigenvalue weighted by atomic mass is 9.86.